The van der Waals surface area contributed by atoms with E-state index < -0.39 is 10.0 Å². The molecule has 1 saturated heterocycles. The topological polar surface area (TPSA) is 57.4 Å². The fourth-order valence-corrected chi connectivity index (χ4v) is 4.48. The molecule has 1 fully saturated rings. The summed E-state index contributed by atoms with van der Waals surface area (Å²) in [4.78, 5) is 0.295. The monoisotopic (exact) mass is 329 g/mol. The third-order valence-electron chi connectivity index (χ3n) is 3.98. The molecule has 2 aromatic rings. The summed E-state index contributed by atoms with van der Waals surface area (Å²) in [5.41, 5.74) is 1.97. The van der Waals surface area contributed by atoms with Gasteiger partial charge in [-0.3, -0.25) is 0 Å². The smallest absolute Gasteiger partial charge is 0.244 e. The normalized spacial score (nSPS) is 24.0. The molecular weight excluding hydrogens is 310 g/mol. The Hall–Kier alpha value is -1.95. The number of aliphatic hydroxyl groups is 1. The molecule has 23 heavy (non-hydrogen) atoms. The molecule has 5 heteroatoms. The zero-order valence-corrected chi connectivity index (χ0v) is 13.6. The van der Waals surface area contributed by atoms with Gasteiger partial charge in [0.2, 0.25) is 10.0 Å². The minimum absolute atomic E-state index is 0.101. The van der Waals surface area contributed by atoms with Crippen LogP contribution in [0.2, 0.25) is 0 Å². The van der Waals surface area contributed by atoms with E-state index in [1.54, 1.807) is 36.4 Å². The molecule has 120 valence electrons. The lowest BCUT2D eigenvalue weighted by atomic mass is 10.1. The first kappa shape index (κ1) is 15.9. The summed E-state index contributed by atoms with van der Waals surface area (Å²) in [6.07, 6.45) is 3.34. The molecule has 3 rings (SSSR count). The lowest BCUT2D eigenvalue weighted by Gasteiger charge is -2.07. The lowest BCUT2D eigenvalue weighted by Crippen LogP contribution is -2.14. The van der Waals surface area contributed by atoms with Gasteiger partial charge < -0.3 is 5.11 Å². The Morgan fingerprint density at radius 2 is 1.74 bits per heavy atom. The number of nitrogens with zero attached hydrogens (tertiary/aromatic N) is 1. The second-order valence-corrected chi connectivity index (χ2v) is 7.45. The highest BCUT2D eigenvalue weighted by Gasteiger charge is 2.54. The van der Waals surface area contributed by atoms with Gasteiger partial charge in [-0.2, -0.15) is 4.31 Å². The molecule has 1 aliphatic rings. The van der Waals surface area contributed by atoms with Gasteiger partial charge in [0, 0.05) is 0 Å². The maximum Gasteiger partial charge on any atom is 0.244 e. The summed E-state index contributed by atoms with van der Waals surface area (Å²) in [5.74, 6) is 0. The van der Waals surface area contributed by atoms with Crippen molar-refractivity contribution in [3.05, 3.63) is 77.9 Å². The molecule has 0 aliphatic carbocycles. The summed E-state index contributed by atoms with van der Waals surface area (Å²) < 4.78 is 27.3. The quantitative estimate of drug-likeness (QED) is 0.678. The van der Waals surface area contributed by atoms with Gasteiger partial charge in [-0.05, 0) is 24.6 Å². The van der Waals surface area contributed by atoms with Gasteiger partial charge in [0.25, 0.3) is 0 Å². The predicted molar refractivity (Wildman–Crippen MR) is 89.4 cm³/mol. The maximum atomic E-state index is 12.9. The number of aliphatic hydroxyl groups excluding tert-OH is 1. The second-order valence-electron chi connectivity index (χ2n) is 5.60. The van der Waals surface area contributed by atoms with Crippen molar-refractivity contribution >= 4 is 10.0 Å². The third-order valence-corrected chi connectivity index (χ3v) is 5.87. The van der Waals surface area contributed by atoms with Gasteiger partial charge in [-0.1, -0.05) is 60.2 Å². The molecule has 1 aliphatic heterocycles. The molecule has 0 aromatic heterocycles. The van der Waals surface area contributed by atoms with Gasteiger partial charge in [0.05, 0.1) is 23.6 Å². The fraction of sp³-hybridized carbons (Fsp3) is 0.222. The van der Waals surface area contributed by atoms with Crippen LogP contribution in [-0.2, 0) is 10.0 Å². The Morgan fingerprint density at radius 1 is 1.09 bits per heavy atom. The van der Waals surface area contributed by atoms with Gasteiger partial charge in [-0.25, -0.2) is 8.42 Å². The van der Waals surface area contributed by atoms with Gasteiger partial charge in [0.1, 0.15) is 0 Å². The summed E-state index contributed by atoms with van der Waals surface area (Å²) in [7, 11) is -3.56. The van der Waals surface area contributed by atoms with Crippen LogP contribution in [0.25, 0.3) is 0 Å². The largest absolute Gasteiger partial charge is 0.392 e. The molecule has 4 nitrogen and oxygen atoms in total. The molecule has 0 amide bonds. The summed E-state index contributed by atoms with van der Waals surface area (Å²) in [6.45, 7) is 1.82. The van der Waals surface area contributed by atoms with E-state index in [0.717, 1.165) is 11.1 Å². The van der Waals surface area contributed by atoms with E-state index in [1.165, 1.54) is 4.31 Å². The summed E-state index contributed by atoms with van der Waals surface area (Å²) in [6, 6.07) is 16.0. The SMILES string of the molecule is Cc1ccc(S(=O)(=O)N2[C@@H](/C=C/CO)[C@@H]2c2ccccc2)cc1. The molecule has 1 heterocycles. The van der Waals surface area contributed by atoms with E-state index >= 15 is 0 Å². The van der Waals surface area contributed by atoms with Gasteiger partial charge >= 0.3 is 0 Å². The number of hydrogen-bond donors (Lipinski definition) is 1. The second kappa shape index (κ2) is 6.28. The van der Waals surface area contributed by atoms with E-state index in [2.05, 4.69) is 0 Å². The highest BCUT2D eigenvalue weighted by atomic mass is 32.2. The molecule has 3 atom stereocenters. The van der Waals surface area contributed by atoms with Crippen LogP contribution in [0, 0.1) is 6.92 Å². The Kier molecular flexibility index (Phi) is 4.35. The van der Waals surface area contributed by atoms with Crippen LogP contribution in [0.15, 0.2) is 71.6 Å². The van der Waals surface area contributed by atoms with E-state index in [9.17, 15) is 8.42 Å². The van der Waals surface area contributed by atoms with Crippen LogP contribution in [-0.4, -0.2) is 30.5 Å². The lowest BCUT2D eigenvalue weighted by molar-refractivity contribution is 0.342. The minimum Gasteiger partial charge on any atom is -0.392 e. The molecule has 0 spiro atoms. The molecule has 0 bridgehead atoms. The van der Waals surface area contributed by atoms with Crippen molar-refractivity contribution in [2.24, 2.45) is 0 Å². The summed E-state index contributed by atoms with van der Waals surface area (Å²) in [5, 5.41) is 8.98. The first-order valence-electron chi connectivity index (χ1n) is 7.48. The molecule has 0 saturated carbocycles. The fourth-order valence-electron chi connectivity index (χ4n) is 2.75. The van der Waals surface area contributed by atoms with Gasteiger partial charge in [-0.15, -0.1) is 0 Å². The van der Waals surface area contributed by atoms with Crippen LogP contribution in [0.4, 0.5) is 0 Å². The summed E-state index contributed by atoms with van der Waals surface area (Å²) >= 11 is 0. The average molecular weight is 329 g/mol. The Labute approximate surface area is 136 Å². The Bertz CT molecular complexity index is 798. The van der Waals surface area contributed by atoms with E-state index in [0.29, 0.717) is 4.90 Å². The zero-order valence-electron chi connectivity index (χ0n) is 12.8. The van der Waals surface area contributed by atoms with Crippen molar-refractivity contribution in [2.75, 3.05) is 6.61 Å². The molecule has 1 N–H and O–H groups in total. The third kappa shape index (κ3) is 3.08. The first-order chi connectivity index (χ1) is 11.1. The maximum absolute atomic E-state index is 12.9. The van der Waals surface area contributed by atoms with E-state index in [-0.39, 0.29) is 18.7 Å². The molecule has 2 aromatic carbocycles. The zero-order chi connectivity index (χ0) is 16.4. The number of rotatable bonds is 5. The number of aryl methyl sites for hydroxylation is 1. The Morgan fingerprint density at radius 3 is 2.35 bits per heavy atom. The molecule has 0 radical (unpaired) electrons. The van der Waals surface area contributed by atoms with Crippen LogP contribution >= 0.6 is 0 Å². The first-order valence-corrected chi connectivity index (χ1v) is 8.92. The Balaban J connectivity index is 1.96. The highest BCUT2D eigenvalue weighted by Crippen LogP contribution is 2.48. The van der Waals surface area contributed by atoms with Crippen LogP contribution < -0.4 is 0 Å². The van der Waals surface area contributed by atoms with Crippen LogP contribution in [0.3, 0.4) is 0 Å². The number of hydrogen-bond acceptors (Lipinski definition) is 3. The predicted octanol–water partition coefficient (Wildman–Crippen LogP) is 2.66. The molecule has 1 unspecified atom stereocenters. The number of sulfonamides is 1. The van der Waals surface area contributed by atoms with Crippen molar-refractivity contribution in [2.45, 2.75) is 23.9 Å². The standard InChI is InChI=1S/C18H19NO3S/c1-14-9-11-16(12-10-14)23(21,22)19-17(8-5-13-20)18(19)15-6-3-2-4-7-15/h2-12,17-18,20H,13H2,1H3/b8-5+/t17-,18-,19?/m0/s1. The van der Waals surface area contributed by atoms with Crippen molar-refractivity contribution in [3.63, 3.8) is 0 Å². The van der Waals surface area contributed by atoms with E-state index in [1.807, 2.05) is 37.3 Å². The van der Waals surface area contributed by atoms with Crippen LogP contribution in [0.1, 0.15) is 17.2 Å². The van der Waals surface area contributed by atoms with Crippen molar-refractivity contribution in [3.8, 4) is 0 Å². The highest BCUT2D eigenvalue weighted by molar-refractivity contribution is 7.89. The molecular formula is C18H19NO3S. The number of benzene rings is 2. The minimum atomic E-state index is -3.56. The van der Waals surface area contributed by atoms with Gasteiger partial charge in [0.15, 0.2) is 0 Å². The van der Waals surface area contributed by atoms with Crippen LogP contribution in [0.5, 0.6) is 0 Å². The van der Waals surface area contributed by atoms with Crippen molar-refractivity contribution in [1.82, 2.24) is 4.31 Å². The van der Waals surface area contributed by atoms with E-state index in [4.69, 9.17) is 5.11 Å². The van der Waals surface area contributed by atoms with Crippen molar-refractivity contribution < 1.29 is 13.5 Å². The average Bonchev–Trinajstić information content (AvgIpc) is 3.29. The van der Waals surface area contributed by atoms with Crippen molar-refractivity contribution in [1.29, 1.82) is 0 Å².